The van der Waals surface area contributed by atoms with E-state index in [2.05, 4.69) is 0 Å². The number of sulfonamides is 1. The number of rotatable bonds is 7. The van der Waals surface area contributed by atoms with Crippen LogP contribution in [0.5, 0.6) is 0 Å². The van der Waals surface area contributed by atoms with Crippen LogP contribution in [-0.4, -0.2) is 30.9 Å². The van der Waals surface area contributed by atoms with E-state index in [1.807, 2.05) is 13.0 Å². The fourth-order valence-corrected chi connectivity index (χ4v) is 4.36. The summed E-state index contributed by atoms with van der Waals surface area (Å²) < 4.78 is 26.1. The Kier molecular flexibility index (Phi) is 6.23. The molecule has 0 saturated heterocycles. The summed E-state index contributed by atoms with van der Waals surface area (Å²) in [7, 11) is -3.21. The maximum absolute atomic E-state index is 12.0. The van der Waals surface area contributed by atoms with Crippen molar-refractivity contribution in [1.82, 2.24) is 4.31 Å². The maximum atomic E-state index is 12.0. The minimum absolute atomic E-state index is 0.101. The van der Waals surface area contributed by atoms with Gasteiger partial charge in [-0.25, -0.2) is 8.42 Å². The molecule has 0 amide bonds. The van der Waals surface area contributed by atoms with Crippen molar-refractivity contribution in [2.24, 2.45) is 0 Å². The van der Waals surface area contributed by atoms with Crippen molar-refractivity contribution in [2.75, 3.05) is 18.2 Å². The maximum Gasteiger partial charge on any atom is 0.214 e. The average molecular weight is 316 g/mol. The quantitative estimate of drug-likeness (QED) is 0.725. The van der Waals surface area contributed by atoms with Gasteiger partial charge in [0.25, 0.3) is 0 Å². The van der Waals surface area contributed by atoms with Gasteiger partial charge in [0, 0.05) is 23.8 Å². The van der Waals surface area contributed by atoms with Crippen LogP contribution in [0.2, 0.25) is 4.34 Å². The Morgan fingerprint density at radius 2 is 2.12 bits per heavy atom. The molecule has 1 heterocycles. The molecule has 0 unspecified atom stereocenters. The predicted molar refractivity (Wildman–Crippen MR) is 74.5 cm³/mol. The van der Waals surface area contributed by atoms with Gasteiger partial charge in [-0.2, -0.15) is 4.31 Å². The van der Waals surface area contributed by atoms with E-state index in [-0.39, 0.29) is 5.75 Å². The first-order valence-corrected chi connectivity index (χ1v) is 8.61. The van der Waals surface area contributed by atoms with Gasteiger partial charge in [0.1, 0.15) is 0 Å². The van der Waals surface area contributed by atoms with E-state index >= 15 is 0 Å². The van der Waals surface area contributed by atoms with Gasteiger partial charge in [-0.15, -0.1) is 22.9 Å². The SMILES string of the molecule is CCN(Cc1ccc(Cl)s1)S(=O)(=O)CCCCl. The fourth-order valence-electron chi connectivity index (χ4n) is 1.38. The van der Waals surface area contributed by atoms with Crippen LogP contribution in [0.15, 0.2) is 12.1 Å². The predicted octanol–water partition coefficient (Wildman–Crippen LogP) is 3.18. The highest BCUT2D eigenvalue weighted by atomic mass is 35.5. The Labute approximate surface area is 116 Å². The van der Waals surface area contributed by atoms with Gasteiger partial charge in [-0.3, -0.25) is 0 Å². The molecule has 0 saturated carbocycles. The highest BCUT2D eigenvalue weighted by Crippen LogP contribution is 2.23. The minimum Gasteiger partial charge on any atom is -0.212 e. The molecule has 1 rings (SSSR count). The lowest BCUT2D eigenvalue weighted by Crippen LogP contribution is -2.32. The van der Waals surface area contributed by atoms with Gasteiger partial charge in [-0.1, -0.05) is 18.5 Å². The number of halogens is 2. The molecule has 0 spiro atoms. The molecule has 17 heavy (non-hydrogen) atoms. The number of alkyl halides is 1. The van der Waals surface area contributed by atoms with E-state index in [0.29, 0.717) is 29.7 Å². The van der Waals surface area contributed by atoms with Crippen molar-refractivity contribution >= 4 is 44.6 Å². The lowest BCUT2D eigenvalue weighted by atomic mass is 10.4. The first-order chi connectivity index (χ1) is 7.99. The van der Waals surface area contributed by atoms with Crippen LogP contribution in [0.25, 0.3) is 0 Å². The van der Waals surface area contributed by atoms with Crippen LogP contribution in [0.4, 0.5) is 0 Å². The smallest absolute Gasteiger partial charge is 0.212 e. The molecule has 0 aromatic carbocycles. The zero-order chi connectivity index (χ0) is 12.9. The van der Waals surface area contributed by atoms with Crippen LogP contribution < -0.4 is 0 Å². The number of hydrogen-bond acceptors (Lipinski definition) is 3. The van der Waals surface area contributed by atoms with Gasteiger partial charge in [0.2, 0.25) is 10.0 Å². The summed E-state index contributed by atoms with van der Waals surface area (Å²) in [6, 6.07) is 3.63. The minimum atomic E-state index is -3.21. The second-order valence-corrected chi connectivity index (χ2v) is 7.76. The van der Waals surface area contributed by atoms with Gasteiger partial charge >= 0.3 is 0 Å². The second kappa shape index (κ2) is 6.95. The molecule has 0 atom stereocenters. The van der Waals surface area contributed by atoms with Crippen LogP contribution in [-0.2, 0) is 16.6 Å². The third-order valence-corrected chi connectivity index (χ3v) is 5.70. The third kappa shape index (κ3) is 4.75. The Balaban J connectivity index is 2.71. The van der Waals surface area contributed by atoms with E-state index < -0.39 is 10.0 Å². The largest absolute Gasteiger partial charge is 0.214 e. The summed E-state index contributed by atoms with van der Waals surface area (Å²) >= 11 is 12.7. The van der Waals surface area contributed by atoms with E-state index in [9.17, 15) is 8.42 Å². The molecule has 0 N–H and O–H groups in total. The fraction of sp³-hybridized carbons (Fsp3) is 0.600. The summed E-state index contributed by atoms with van der Waals surface area (Å²) in [5, 5.41) is 0. The highest BCUT2D eigenvalue weighted by Gasteiger charge is 2.20. The number of nitrogens with zero attached hydrogens (tertiary/aromatic N) is 1. The van der Waals surface area contributed by atoms with Crippen molar-refractivity contribution in [3.05, 3.63) is 21.3 Å². The molecular weight excluding hydrogens is 301 g/mol. The Morgan fingerprint density at radius 1 is 1.41 bits per heavy atom. The summed E-state index contributed by atoms with van der Waals surface area (Å²) in [6.45, 7) is 2.67. The Bertz CT molecular complexity index is 445. The number of hydrogen-bond donors (Lipinski definition) is 0. The molecule has 0 fully saturated rings. The summed E-state index contributed by atoms with van der Waals surface area (Å²) in [6.07, 6.45) is 0.478. The van der Waals surface area contributed by atoms with Gasteiger partial charge < -0.3 is 0 Å². The molecule has 1 aromatic rings. The van der Waals surface area contributed by atoms with Gasteiger partial charge in [-0.05, 0) is 18.6 Å². The molecule has 0 aliphatic rings. The molecule has 0 aliphatic carbocycles. The molecule has 1 aromatic heterocycles. The average Bonchev–Trinajstić information content (AvgIpc) is 2.69. The third-order valence-electron chi connectivity index (χ3n) is 2.24. The van der Waals surface area contributed by atoms with E-state index in [0.717, 1.165) is 4.88 Å². The molecule has 0 aliphatic heterocycles. The summed E-state index contributed by atoms with van der Waals surface area (Å²) in [5.41, 5.74) is 0. The van der Waals surface area contributed by atoms with Crippen molar-refractivity contribution in [2.45, 2.75) is 19.9 Å². The summed E-state index contributed by atoms with van der Waals surface area (Å²) in [5.74, 6) is 0.463. The van der Waals surface area contributed by atoms with Crippen molar-refractivity contribution in [3.63, 3.8) is 0 Å². The van der Waals surface area contributed by atoms with Gasteiger partial charge in [0.15, 0.2) is 0 Å². The number of thiophene rings is 1. The van der Waals surface area contributed by atoms with Gasteiger partial charge in [0.05, 0.1) is 10.1 Å². The van der Waals surface area contributed by atoms with Crippen molar-refractivity contribution in [1.29, 1.82) is 0 Å². The van der Waals surface area contributed by atoms with Crippen molar-refractivity contribution < 1.29 is 8.42 Å². The van der Waals surface area contributed by atoms with Crippen LogP contribution >= 0.6 is 34.5 Å². The second-order valence-electron chi connectivity index (χ2n) is 3.49. The lowest BCUT2D eigenvalue weighted by molar-refractivity contribution is 0.426. The molecule has 3 nitrogen and oxygen atoms in total. The van der Waals surface area contributed by atoms with E-state index in [1.165, 1.54) is 15.6 Å². The summed E-state index contributed by atoms with van der Waals surface area (Å²) in [4.78, 5) is 0.950. The molecular formula is C10H15Cl2NO2S2. The van der Waals surface area contributed by atoms with Crippen molar-refractivity contribution in [3.8, 4) is 0 Å². The van der Waals surface area contributed by atoms with E-state index in [4.69, 9.17) is 23.2 Å². The van der Waals surface area contributed by atoms with E-state index in [1.54, 1.807) is 6.07 Å². The van der Waals surface area contributed by atoms with Crippen LogP contribution in [0.1, 0.15) is 18.2 Å². The molecule has 0 bridgehead atoms. The molecule has 0 radical (unpaired) electrons. The monoisotopic (exact) mass is 315 g/mol. The first-order valence-electron chi connectivity index (χ1n) is 5.27. The first kappa shape index (κ1) is 15.2. The Morgan fingerprint density at radius 3 is 2.59 bits per heavy atom. The standard InChI is InChI=1S/C10H15Cl2NO2S2/c1-2-13(17(14,15)7-3-6-11)8-9-4-5-10(12)16-9/h4-5H,2-3,6-8H2,1H3. The Hall–Kier alpha value is 0.190. The zero-order valence-electron chi connectivity index (χ0n) is 9.53. The van der Waals surface area contributed by atoms with Crippen LogP contribution in [0.3, 0.4) is 0 Å². The topological polar surface area (TPSA) is 37.4 Å². The molecule has 98 valence electrons. The highest BCUT2D eigenvalue weighted by molar-refractivity contribution is 7.89. The zero-order valence-corrected chi connectivity index (χ0v) is 12.7. The molecule has 7 heteroatoms. The van der Waals surface area contributed by atoms with Crippen LogP contribution in [0, 0.1) is 0 Å². The lowest BCUT2D eigenvalue weighted by Gasteiger charge is -2.19. The normalized spacial score (nSPS) is 12.2.